The van der Waals surface area contributed by atoms with Crippen LogP contribution in [-0.2, 0) is 11.2 Å². The first-order valence-electron chi connectivity index (χ1n) is 8.53. The maximum absolute atomic E-state index is 12.2. The highest BCUT2D eigenvalue weighted by Crippen LogP contribution is 2.28. The monoisotopic (exact) mass is 393 g/mol. The van der Waals surface area contributed by atoms with Gasteiger partial charge in [-0.25, -0.2) is 0 Å². The Morgan fingerprint density at radius 2 is 2.04 bits per heavy atom. The number of hydrogen-bond donors (Lipinski definition) is 1. The van der Waals surface area contributed by atoms with Crippen molar-refractivity contribution in [1.82, 2.24) is 10.3 Å². The molecule has 2 heterocycles. The van der Waals surface area contributed by atoms with Gasteiger partial charge in [-0.15, -0.1) is 0 Å². The summed E-state index contributed by atoms with van der Waals surface area (Å²) >= 11 is 7.36. The fourth-order valence-electron chi connectivity index (χ4n) is 2.83. The Labute approximate surface area is 166 Å². The molecule has 0 fully saturated rings. The van der Waals surface area contributed by atoms with Crippen molar-refractivity contribution in [3.8, 4) is 0 Å². The summed E-state index contributed by atoms with van der Waals surface area (Å²) in [4.78, 5) is 21.2. The van der Waals surface area contributed by atoms with E-state index in [4.69, 9.17) is 11.6 Å². The number of rotatable bonds is 4. The number of aliphatic imine (C=N–C) groups is 1. The number of amides is 1. The van der Waals surface area contributed by atoms with E-state index < -0.39 is 0 Å². The first-order chi connectivity index (χ1) is 13.2. The van der Waals surface area contributed by atoms with Gasteiger partial charge in [0.2, 0.25) is 0 Å². The molecular weight excluding hydrogens is 378 g/mol. The van der Waals surface area contributed by atoms with Gasteiger partial charge in [0.1, 0.15) is 0 Å². The van der Waals surface area contributed by atoms with E-state index >= 15 is 0 Å². The molecule has 0 spiro atoms. The minimum Gasteiger partial charge on any atom is -0.364 e. The Kier molecular flexibility index (Phi) is 5.23. The lowest BCUT2D eigenvalue weighted by Gasteiger charge is -2.05. The molecule has 27 heavy (non-hydrogen) atoms. The lowest BCUT2D eigenvalue weighted by Crippen LogP contribution is -2.21. The summed E-state index contributed by atoms with van der Waals surface area (Å²) in [6, 6.07) is 17.6. The van der Waals surface area contributed by atoms with Crippen molar-refractivity contribution in [3.05, 3.63) is 81.8 Å². The van der Waals surface area contributed by atoms with Crippen LogP contribution in [0.5, 0.6) is 0 Å². The van der Waals surface area contributed by atoms with Crippen LogP contribution in [0.2, 0.25) is 5.02 Å². The number of pyridine rings is 1. The van der Waals surface area contributed by atoms with Crippen LogP contribution >= 0.6 is 23.4 Å². The highest BCUT2D eigenvalue weighted by molar-refractivity contribution is 8.18. The molecule has 1 aliphatic rings. The minimum atomic E-state index is -0.212. The third kappa shape index (κ3) is 4.38. The van der Waals surface area contributed by atoms with E-state index in [9.17, 15) is 4.79 Å². The molecule has 1 N–H and O–H groups in total. The first-order valence-corrected chi connectivity index (χ1v) is 9.72. The van der Waals surface area contributed by atoms with E-state index in [0.717, 1.165) is 33.5 Å². The lowest BCUT2D eigenvalue weighted by molar-refractivity contribution is -0.113. The largest absolute Gasteiger partial charge is 0.364 e. The number of carbonyl (C=O) groups excluding carboxylic acids is 1. The van der Waals surface area contributed by atoms with Gasteiger partial charge in [-0.2, -0.15) is 4.99 Å². The van der Waals surface area contributed by atoms with Gasteiger partial charge >= 0.3 is 0 Å². The van der Waals surface area contributed by atoms with Gasteiger partial charge in [-0.1, -0.05) is 35.9 Å². The second-order valence-corrected chi connectivity index (χ2v) is 7.56. The zero-order chi connectivity index (χ0) is 18.6. The first kappa shape index (κ1) is 17.8. The summed E-state index contributed by atoms with van der Waals surface area (Å²) in [5.74, 6) is -0.212. The maximum Gasteiger partial charge on any atom is 0.286 e. The van der Waals surface area contributed by atoms with Gasteiger partial charge in [0.15, 0.2) is 5.17 Å². The number of hydrogen-bond acceptors (Lipinski definition) is 4. The summed E-state index contributed by atoms with van der Waals surface area (Å²) < 4.78 is 0. The van der Waals surface area contributed by atoms with Crippen LogP contribution in [0.3, 0.4) is 0 Å². The summed E-state index contributed by atoms with van der Waals surface area (Å²) in [5, 5.41) is 5.63. The van der Waals surface area contributed by atoms with Crippen LogP contribution < -0.4 is 5.32 Å². The zero-order valence-corrected chi connectivity index (χ0v) is 15.9. The SMILES string of the molecule is O=C1N=C(NCCc2cccc(Cl)c2)S/C1=C/c1ccc2ncccc2c1. The number of amidine groups is 1. The van der Waals surface area contributed by atoms with E-state index in [1.165, 1.54) is 11.8 Å². The fourth-order valence-corrected chi connectivity index (χ4v) is 3.88. The molecule has 0 atom stereocenters. The van der Waals surface area contributed by atoms with Crippen molar-refractivity contribution < 1.29 is 4.79 Å². The second-order valence-electron chi connectivity index (χ2n) is 6.09. The average Bonchev–Trinajstić information content (AvgIpc) is 3.01. The van der Waals surface area contributed by atoms with Gasteiger partial charge in [0.25, 0.3) is 5.91 Å². The summed E-state index contributed by atoms with van der Waals surface area (Å²) in [6.45, 7) is 0.689. The minimum absolute atomic E-state index is 0.212. The topological polar surface area (TPSA) is 54.4 Å². The van der Waals surface area contributed by atoms with Gasteiger partial charge in [0.05, 0.1) is 10.4 Å². The third-order valence-corrected chi connectivity index (χ3v) is 5.30. The average molecular weight is 394 g/mol. The molecule has 3 aromatic rings. The molecule has 0 saturated carbocycles. The van der Waals surface area contributed by atoms with Crippen molar-refractivity contribution in [2.45, 2.75) is 6.42 Å². The van der Waals surface area contributed by atoms with Gasteiger partial charge in [0, 0.05) is 23.2 Å². The maximum atomic E-state index is 12.2. The molecule has 134 valence electrons. The Morgan fingerprint density at radius 1 is 1.11 bits per heavy atom. The van der Waals surface area contributed by atoms with Crippen molar-refractivity contribution >= 4 is 51.4 Å². The molecule has 6 heteroatoms. The molecule has 1 amide bonds. The van der Waals surface area contributed by atoms with Crippen LogP contribution in [0.1, 0.15) is 11.1 Å². The van der Waals surface area contributed by atoms with Gasteiger partial charge < -0.3 is 5.32 Å². The zero-order valence-electron chi connectivity index (χ0n) is 14.4. The number of thioether (sulfide) groups is 1. The van der Waals surface area contributed by atoms with Crippen LogP contribution in [0.4, 0.5) is 0 Å². The third-order valence-electron chi connectivity index (χ3n) is 4.12. The number of nitrogens with one attached hydrogen (secondary N) is 1. The molecular formula is C21H16ClN3OS. The second kappa shape index (κ2) is 7.94. The smallest absolute Gasteiger partial charge is 0.286 e. The summed E-state index contributed by atoms with van der Waals surface area (Å²) in [5.41, 5.74) is 3.04. The van der Waals surface area contributed by atoms with Crippen LogP contribution in [0.15, 0.2) is 70.7 Å². The molecule has 0 bridgehead atoms. The quantitative estimate of drug-likeness (QED) is 0.653. The highest BCUT2D eigenvalue weighted by Gasteiger charge is 2.21. The molecule has 1 aliphatic heterocycles. The number of aromatic nitrogens is 1. The molecule has 0 unspecified atom stereocenters. The Morgan fingerprint density at radius 3 is 2.93 bits per heavy atom. The van der Waals surface area contributed by atoms with Crippen LogP contribution in [0, 0.1) is 0 Å². The molecule has 4 nitrogen and oxygen atoms in total. The Hall–Kier alpha value is -2.63. The van der Waals surface area contributed by atoms with E-state index in [2.05, 4.69) is 15.3 Å². The Bertz CT molecular complexity index is 1080. The van der Waals surface area contributed by atoms with Gasteiger partial charge in [-0.3, -0.25) is 9.78 Å². The van der Waals surface area contributed by atoms with E-state index in [1.807, 2.05) is 60.7 Å². The van der Waals surface area contributed by atoms with E-state index in [-0.39, 0.29) is 5.91 Å². The van der Waals surface area contributed by atoms with Crippen LogP contribution in [-0.4, -0.2) is 22.6 Å². The van der Waals surface area contributed by atoms with Crippen molar-refractivity contribution in [1.29, 1.82) is 0 Å². The molecule has 4 rings (SSSR count). The van der Waals surface area contributed by atoms with Crippen molar-refractivity contribution in [2.75, 3.05) is 6.54 Å². The molecule has 1 aromatic heterocycles. The summed E-state index contributed by atoms with van der Waals surface area (Å²) in [6.07, 6.45) is 4.45. The van der Waals surface area contributed by atoms with Crippen LogP contribution in [0.25, 0.3) is 17.0 Å². The van der Waals surface area contributed by atoms with E-state index in [0.29, 0.717) is 16.6 Å². The number of fused-ring (bicyclic) bond motifs is 1. The predicted octanol–water partition coefficient (Wildman–Crippen LogP) is 4.69. The Balaban J connectivity index is 1.40. The normalized spacial score (nSPS) is 15.4. The molecule has 0 radical (unpaired) electrons. The molecule has 2 aromatic carbocycles. The lowest BCUT2D eigenvalue weighted by atomic mass is 10.1. The fraction of sp³-hybridized carbons (Fsp3) is 0.0952. The molecule has 0 aliphatic carbocycles. The van der Waals surface area contributed by atoms with E-state index in [1.54, 1.807) is 6.20 Å². The highest BCUT2D eigenvalue weighted by atomic mass is 35.5. The van der Waals surface area contributed by atoms with Gasteiger partial charge in [-0.05, 0) is 65.7 Å². The number of benzene rings is 2. The van der Waals surface area contributed by atoms with Crippen molar-refractivity contribution in [2.24, 2.45) is 4.99 Å². The number of halogens is 1. The molecule has 0 saturated heterocycles. The predicted molar refractivity (Wildman–Crippen MR) is 113 cm³/mol. The number of carbonyl (C=O) groups is 1. The van der Waals surface area contributed by atoms with Crippen molar-refractivity contribution in [3.63, 3.8) is 0 Å². The standard InChI is InChI=1S/C21H16ClN3OS/c22-17-5-1-3-14(12-17)8-10-24-21-25-20(26)19(27-21)13-15-6-7-18-16(11-15)4-2-9-23-18/h1-7,9,11-13H,8,10H2,(H,24,25,26)/b19-13+. The summed E-state index contributed by atoms with van der Waals surface area (Å²) in [7, 11) is 0. The number of nitrogens with zero attached hydrogens (tertiary/aromatic N) is 2.